The number of carboxylic acid groups (broad SMARTS) is 1. The summed E-state index contributed by atoms with van der Waals surface area (Å²) in [4.78, 5) is 31.9. The van der Waals surface area contributed by atoms with Crippen LogP contribution in [0.1, 0.15) is 19.3 Å². The fraction of sp³-hybridized carbons (Fsp3) is 0.389. The van der Waals surface area contributed by atoms with Crippen molar-refractivity contribution in [2.45, 2.75) is 25.4 Å². The first-order valence-electron chi connectivity index (χ1n) is 8.78. The number of likely N-dealkylation sites (N-methyl/N-ethyl adjacent to an activating group) is 1. The summed E-state index contributed by atoms with van der Waals surface area (Å²) in [5.74, 6) is 0.353. The van der Waals surface area contributed by atoms with Gasteiger partial charge in [-0.3, -0.25) is 9.59 Å². The van der Waals surface area contributed by atoms with E-state index >= 15 is 0 Å². The summed E-state index contributed by atoms with van der Waals surface area (Å²) in [6, 6.07) is 5.36. The Morgan fingerprint density at radius 2 is 2.30 bits per heavy atom. The number of carboxylic acids is 1. The van der Waals surface area contributed by atoms with E-state index in [2.05, 4.69) is 20.6 Å². The van der Waals surface area contributed by atoms with Gasteiger partial charge in [0.1, 0.15) is 11.9 Å². The maximum atomic E-state index is 12.1. The van der Waals surface area contributed by atoms with Crippen LogP contribution >= 0.6 is 0 Å². The van der Waals surface area contributed by atoms with E-state index in [0.717, 1.165) is 5.69 Å². The van der Waals surface area contributed by atoms with Gasteiger partial charge in [-0.05, 0) is 24.6 Å². The van der Waals surface area contributed by atoms with Crippen molar-refractivity contribution in [2.24, 2.45) is 0 Å². The molecule has 4 N–H and O–H groups in total. The zero-order chi connectivity index (χ0) is 19.2. The lowest BCUT2D eigenvalue weighted by molar-refractivity contribution is -0.138. The highest BCUT2D eigenvalue weighted by molar-refractivity contribution is 5.91. The molecule has 1 amide bonds. The molecular weight excluding hydrogens is 350 g/mol. The third-order valence-corrected chi connectivity index (χ3v) is 4.20. The van der Waals surface area contributed by atoms with Crippen LogP contribution in [0.3, 0.4) is 0 Å². The average Bonchev–Trinajstić information content (AvgIpc) is 3.12. The first-order chi connectivity index (χ1) is 13.0. The molecule has 1 unspecified atom stereocenters. The van der Waals surface area contributed by atoms with Gasteiger partial charge < -0.3 is 30.4 Å². The number of imidazole rings is 1. The molecule has 0 spiro atoms. The molecular formula is C18H23N5O4. The molecule has 0 saturated heterocycles. The summed E-state index contributed by atoms with van der Waals surface area (Å²) < 4.78 is 5.74. The number of aromatic nitrogens is 2. The summed E-state index contributed by atoms with van der Waals surface area (Å²) in [7, 11) is 1.88. The van der Waals surface area contributed by atoms with E-state index in [1.807, 2.05) is 18.0 Å². The number of H-pyrrole nitrogens is 1. The van der Waals surface area contributed by atoms with Crippen LogP contribution in [0, 0.1) is 0 Å². The van der Waals surface area contributed by atoms with Crippen LogP contribution < -0.4 is 20.3 Å². The van der Waals surface area contributed by atoms with Gasteiger partial charge in [-0.2, -0.15) is 0 Å². The largest absolute Gasteiger partial charge is 0.486 e. The lowest BCUT2D eigenvalue weighted by Crippen LogP contribution is -2.39. The van der Waals surface area contributed by atoms with Crippen molar-refractivity contribution in [3.63, 3.8) is 0 Å². The Hall–Kier alpha value is -3.23. The topological polar surface area (TPSA) is 120 Å². The summed E-state index contributed by atoms with van der Waals surface area (Å²) in [6.45, 7) is 1.13. The number of fused-ring (bicyclic) bond motifs is 1. The average molecular weight is 373 g/mol. The molecule has 2 aromatic rings. The van der Waals surface area contributed by atoms with Crippen LogP contribution in [0.5, 0.6) is 5.75 Å². The van der Waals surface area contributed by atoms with Gasteiger partial charge in [-0.25, -0.2) is 4.98 Å². The van der Waals surface area contributed by atoms with E-state index in [0.29, 0.717) is 43.3 Å². The Balaban J connectivity index is 1.50. The second kappa shape index (κ2) is 8.43. The quantitative estimate of drug-likeness (QED) is 0.522. The summed E-state index contributed by atoms with van der Waals surface area (Å²) in [5, 5.41) is 14.9. The number of aromatic amines is 1. The minimum atomic E-state index is -0.887. The van der Waals surface area contributed by atoms with Gasteiger partial charge in [0.15, 0.2) is 5.95 Å². The first kappa shape index (κ1) is 18.6. The molecule has 1 atom stereocenters. The Morgan fingerprint density at radius 3 is 3.04 bits per heavy atom. The molecule has 2 heterocycles. The number of rotatable bonds is 8. The van der Waals surface area contributed by atoms with Gasteiger partial charge in [0.05, 0.1) is 18.7 Å². The number of nitrogens with one attached hydrogen (secondary N) is 3. The Kier molecular flexibility index (Phi) is 5.80. The molecule has 0 fully saturated rings. The number of benzene rings is 1. The van der Waals surface area contributed by atoms with Crippen molar-refractivity contribution < 1.29 is 19.4 Å². The van der Waals surface area contributed by atoms with Gasteiger partial charge >= 0.3 is 5.97 Å². The van der Waals surface area contributed by atoms with Crippen molar-refractivity contribution in [3.05, 3.63) is 30.6 Å². The predicted molar refractivity (Wildman–Crippen MR) is 101 cm³/mol. The molecule has 1 aromatic heterocycles. The van der Waals surface area contributed by atoms with Gasteiger partial charge in [-0.15, -0.1) is 0 Å². The van der Waals surface area contributed by atoms with E-state index in [9.17, 15) is 9.59 Å². The van der Waals surface area contributed by atoms with Crippen LogP contribution in [-0.4, -0.2) is 53.2 Å². The normalized spacial score (nSPS) is 15.6. The summed E-state index contributed by atoms with van der Waals surface area (Å²) in [6.07, 6.45) is 4.02. The number of ether oxygens (including phenoxy) is 1. The van der Waals surface area contributed by atoms with Gasteiger partial charge in [-0.1, -0.05) is 0 Å². The Bertz CT molecular complexity index is 793. The van der Waals surface area contributed by atoms with E-state index in [1.165, 1.54) is 0 Å². The molecule has 27 heavy (non-hydrogen) atoms. The molecule has 144 valence electrons. The standard InChI is InChI=1S/C18H23N5O4/c1-23-11-13(10-17(25)26)27-15-5-4-12(9-14(15)23)22-16(24)3-2-6-19-18-20-7-8-21-18/h4-5,7-9,13H,2-3,6,10-11H2,1H3,(H,22,24)(H,25,26)(H2,19,20,21). The second-order valence-electron chi connectivity index (χ2n) is 6.42. The van der Waals surface area contributed by atoms with Gasteiger partial charge in [0.25, 0.3) is 0 Å². The Labute approximate surface area is 156 Å². The van der Waals surface area contributed by atoms with E-state index in [1.54, 1.807) is 24.5 Å². The highest BCUT2D eigenvalue weighted by Crippen LogP contribution is 2.35. The Morgan fingerprint density at radius 1 is 1.44 bits per heavy atom. The smallest absolute Gasteiger partial charge is 0.307 e. The van der Waals surface area contributed by atoms with Gasteiger partial charge in [0.2, 0.25) is 5.91 Å². The zero-order valence-corrected chi connectivity index (χ0v) is 15.1. The second-order valence-corrected chi connectivity index (χ2v) is 6.42. The molecule has 0 radical (unpaired) electrons. The number of nitrogens with zero attached hydrogens (tertiary/aromatic N) is 2. The molecule has 1 aromatic carbocycles. The zero-order valence-electron chi connectivity index (χ0n) is 15.1. The maximum absolute atomic E-state index is 12.1. The number of amides is 1. The third-order valence-electron chi connectivity index (χ3n) is 4.20. The van der Waals surface area contributed by atoms with Crippen molar-refractivity contribution in [3.8, 4) is 5.75 Å². The lowest BCUT2D eigenvalue weighted by Gasteiger charge is -2.33. The number of hydrogen-bond donors (Lipinski definition) is 4. The highest BCUT2D eigenvalue weighted by atomic mass is 16.5. The molecule has 1 aliphatic rings. The number of hydrogen-bond acceptors (Lipinski definition) is 6. The van der Waals surface area contributed by atoms with Crippen LogP contribution in [0.4, 0.5) is 17.3 Å². The fourth-order valence-corrected chi connectivity index (χ4v) is 2.96. The summed E-state index contributed by atoms with van der Waals surface area (Å²) in [5.41, 5.74) is 1.51. The molecule has 9 nitrogen and oxygen atoms in total. The SMILES string of the molecule is CN1CC(CC(=O)O)Oc2ccc(NC(=O)CCCNc3ncc[nH]3)cc21. The van der Waals surface area contributed by atoms with Crippen LogP contribution in [0.15, 0.2) is 30.6 Å². The monoisotopic (exact) mass is 373 g/mol. The van der Waals surface area contributed by atoms with Gasteiger partial charge in [0, 0.05) is 38.1 Å². The van der Waals surface area contributed by atoms with Crippen molar-refractivity contribution >= 4 is 29.2 Å². The van der Waals surface area contributed by atoms with Crippen LogP contribution in [0.2, 0.25) is 0 Å². The summed E-state index contributed by atoms with van der Waals surface area (Å²) >= 11 is 0. The lowest BCUT2D eigenvalue weighted by atomic mass is 10.1. The maximum Gasteiger partial charge on any atom is 0.307 e. The fourth-order valence-electron chi connectivity index (χ4n) is 2.96. The van der Waals surface area contributed by atoms with Crippen molar-refractivity contribution in [1.29, 1.82) is 0 Å². The van der Waals surface area contributed by atoms with E-state index in [-0.39, 0.29) is 18.4 Å². The molecule has 1 aliphatic heterocycles. The van der Waals surface area contributed by atoms with E-state index in [4.69, 9.17) is 9.84 Å². The minimum absolute atomic E-state index is 0.0473. The van der Waals surface area contributed by atoms with E-state index < -0.39 is 5.97 Å². The van der Waals surface area contributed by atoms with Crippen molar-refractivity contribution in [1.82, 2.24) is 9.97 Å². The third kappa shape index (κ3) is 5.13. The first-order valence-corrected chi connectivity index (χ1v) is 8.78. The molecule has 0 saturated carbocycles. The molecule has 9 heteroatoms. The number of carbonyl (C=O) groups is 2. The molecule has 3 rings (SSSR count). The number of anilines is 3. The van der Waals surface area contributed by atoms with Crippen LogP contribution in [0.25, 0.3) is 0 Å². The molecule has 0 bridgehead atoms. The minimum Gasteiger partial charge on any atom is -0.486 e. The molecule has 0 aliphatic carbocycles. The highest BCUT2D eigenvalue weighted by Gasteiger charge is 2.25. The number of aliphatic carboxylic acids is 1. The van der Waals surface area contributed by atoms with Crippen molar-refractivity contribution in [2.75, 3.05) is 35.7 Å². The predicted octanol–water partition coefficient (Wildman–Crippen LogP) is 1.91. The van der Waals surface area contributed by atoms with Crippen LogP contribution in [-0.2, 0) is 9.59 Å². The number of carbonyl (C=O) groups excluding carboxylic acids is 1.